The highest BCUT2D eigenvalue weighted by Gasteiger charge is 2.18. The summed E-state index contributed by atoms with van der Waals surface area (Å²) in [7, 11) is 0.468. The number of likely N-dealkylation sites (N-methyl/N-ethyl adjacent to an activating group) is 1. The molecular formula is C17H21ClN2O2S. The molecule has 2 aromatic carbocycles. The molecule has 23 heavy (non-hydrogen) atoms. The molecule has 4 nitrogen and oxygen atoms in total. The lowest BCUT2D eigenvalue weighted by Crippen LogP contribution is -2.35. The van der Waals surface area contributed by atoms with Crippen LogP contribution in [0.4, 0.5) is 0 Å². The van der Waals surface area contributed by atoms with Gasteiger partial charge in [-0.1, -0.05) is 54.1 Å². The number of rotatable bonds is 7. The largest absolute Gasteiger partial charge is 0.301 e. The zero-order valence-corrected chi connectivity index (χ0v) is 14.8. The Hall–Kier alpha value is -1.40. The Morgan fingerprint density at radius 1 is 1.04 bits per heavy atom. The minimum Gasteiger partial charge on any atom is -0.301 e. The second-order valence-electron chi connectivity index (χ2n) is 5.62. The van der Waals surface area contributed by atoms with Crippen molar-refractivity contribution in [1.82, 2.24) is 9.62 Å². The van der Waals surface area contributed by atoms with E-state index in [1.54, 1.807) is 24.3 Å². The Bertz CT molecular complexity index is 716. The molecule has 0 heterocycles. The zero-order chi connectivity index (χ0) is 16.9. The van der Waals surface area contributed by atoms with Gasteiger partial charge in [0.05, 0.1) is 5.75 Å². The third-order valence-corrected chi connectivity index (χ3v) is 5.15. The fourth-order valence-electron chi connectivity index (χ4n) is 2.33. The van der Waals surface area contributed by atoms with E-state index in [0.29, 0.717) is 17.1 Å². The van der Waals surface area contributed by atoms with Crippen LogP contribution >= 0.6 is 11.6 Å². The molecular weight excluding hydrogens is 332 g/mol. The summed E-state index contributed by atoms with van der Waals surface area (Å²) >= 11 is 5.82. The van der Waals surface area contributed by atoms with Crippen LogP contribution in [0.15, 0.2) is 54.6 Å². The van der Waals surface area contributed by atoms with Gasteiger partial charge in [-0.25, -0.2) is 13.1 Å². The van der Waals surface area contributed by atoms with Crippen LogP contribution in [0, 0.1) is 0 Å². The normalized spacial score (nSPS) is 13.2. The second kappa shape index (κ2) is 7.93. The van der Waals surface area contributed by atoms with Crippen LogP contribution in [0.25, 0.3) is 0 Å². The predicted octanol–water partition coefficient (Wildman–Crippen LogP) is 3.06. The predicted molar refractivity (Wildman–Crippen MR) is 94.9 cm³/mol. The first kappa shape index (κ1) is 17.9. The molecule has 0 aliphatic carbocycles. The lowest BCUT2D eigenvalue weighted by atomic mass is 10.1. The smallest absolute Gasteiger partial charge is 0.215 e. The second-order valence-corrected chi connectivity index (χ2v) is 7.87. The van der Waals surface area contributed by atoms with Gasteiger partial charge in [-0.05, 0) is 37.4 Å². The van der Waals surface area contributed by atoms with Crippen LogP contribution in [0.3, 0.4) is 0 Å². The van der Waals surface area contributed by atoms with Gasteiger partial charge in [0, 0.05) is 17.6 Å². The van der Waals surface area contributed by atoms with E-state index in [2.05, 4.69) is 4.72 Å². The highest BCUT2D eigenvalue weighted by Crippen LogP contribution is 2.17. The van der Waals surface area contributed by atoms with E-state index >= 15 is 0 Å². The number of nitrogens with one attached hydrogen (secondary N) is 1. The first-order valence-electron chi connectivity index (χ1n) is 7.30. The SMILES string of the molecule is CN(C)C(CNS(=O)(=O)Cc1ccc(Cl)cc1)c1ccccc1. The van der Waals surface area contributed by atoms with Crippen LogP contribution in [-0.4, -0.2) is 34.0 Å². The maximum absolute atomic E-state index is 12.3. The number of hydrogen-bond acceptors (Lipinski definition) is 3. The van der Waals surface area contributed by atoms with E-state index in [0.717, 1.165) is 5.56 Å². The summed E-state index contributed by atoms with van der Waals surface area (Å²) in [6.07, 6.45) is 0. The zero-order valence-electron chi connectivity index (χ0n) is 13.2. The van der Waals surface area contributed by atoms with Gasteiger partial charge < -0.3 is 4.90 Å². The molecule has 124 valence electrons. The lowest BCUT2D eigenvalue weighted by Gasteiger charge is -2.25. The average Bonchev–Trinajstić information content (AvgIpc) is 2.50. The molecule has 0 saturated heterocycles. The first-order valence-corrected chi connectivity index (χ1v) is 9.33. The maximum Gasteiger partial charge on any atom is 0.215 e. The van der Waals surface area contributed by atoms with Gasteiger partial charge >= 0.3 is 0 Å². The third-order valence-electron chi connectivity index (χ3n) is 3.57. The van der Waals surface area contributed by atoms with Crippen molar-refractivity contribution in [2.24, 2.45) is 0 Å². The Morgan fingerprint density at radius 3 is 2.22 bits per heavy atom. The molecule has 1 unspecified atom stereocenters. The fraction of sp³-hybridized carbons (Fsp3) is 0.294. The van der Waals surface area contributed by atoms with E-state index < -0.39 is 10.0 Å². The number of halogens is 1. The molecule has 0 aliphatic rings. The van der Waals surface area contributed by atoms with Crippen LogP contribution in [0.5, 0.6) is 0 Å². The standard InChI is InChI=1S/C17H21ClN2O2S/c1-20(2)17(15-6-4-3-5-7-15)12-19-23(21,22)13-14-8-10-16(18)11-9-14/h3-11,17,19H,12-13H2,1-2H3. The third kappa shape index (κ3) is 5.62. The number of sulfonamides is 1. The summed E-state index contributed by atoms with van der Waals surface area (Å²) in [4.78, 5) is 2.00. The van der Waals surface area contributed by atoms with Crippen LogP contribution in [0.1, 0.15) is 17.2 Å². The van der Waals surface area contributed by atoms with E-state index in [9.17, 15) is 8.42 Å². The minimum atomic E-state index is -3.40. The molecule has 2 aromatic rings. The fourth-order valence-corrected chi connectivity index (χ4v) is 3.60. The molecule has 0 bridgehead atoms. The molecule has 0 radical (unpaired) electrons. The summed E-state index contributed by atoms with van der Waals surface area (Å²) in [5.41, 5.74) is 1.79. The molecule has 0 aromatic heterocycles. The molecule has 0 amide bonds. The van der Waals surface area contributed by atoms with Crippen molar-refractivity contribution >= 4 is 21.6 Å². The quantitative estimate of drug-likeness (QED) is 0.833. The number of nitrogens with zero attached hydrogens (tertiary/aromatic N) is 1. The Morgan fingerprint density at radius 2 is 1.65 bits per heavy atom. The molecule has 0 aliphatic heterocycles. The lowest BCUT2D eigenvalue weighted by molar-refractivity contribution is 0.299. The number of benzene rings is 2. The van der Waals surface area contributed by atoms with Gasteiger partial charge in [-0.15, -0.1) is 0 Å². The van der Waals surface area contributed by atoms with E-state index in [1.807, 2.05) is 49.3 Å². The van der Waals surface area contributed by atoms with Crippen molar-refractivity contribution in [3.05, 3.63) is 70.7 Å². The summed E-state index contributed by atoms with van der Waals surface area (Å²) in [6, 6.07) is 16.7. The minimum absolute atomic E-state index is 0.0174. The Labute approximate surface area is 143 Å². The monoisotopic (exact) mass is 352 g/mol. The Balaban J connectivity index is 2.03. The summed E-state index contributed by atoms with van der Waals surface area (Å²) in [6.45, 7) is 0.326. The van der Waals surface area contributed by atoms with Gasteiger partial charge in [-0.2, -0.15) is 0 Å². The van der Waals surface area contributed by atoms with Crippen molar-refractivity contribution in [3.63, 3.8) is 0 Å². The van der Waals surface area contributed by atoms with Gasteiger partial charge in [0.1, 0.15) is 0 Å². The van der Waals surface area contributed by atoms with Crippen LogP contribution in [0.2, 0.25) is 5.02 Å². The average molecular weight is 353 g/mol. The first-order chi connectivity index (χ1) is 10.9. The van der Waals surface area contributed by atoms with Crippen molar-refractivity contribution in [2.45, 2.75) is 11.8 Å². The molecule has 6 heteroatoms. The van der Waals surface area contributed by atoms with Crippen LogP contribution < -0.4 is 4.72 Å². The molecule has 0 saturated carbocycles. The van der Waals surface area contributed by atoms with Gasteiger partial charge in [0.15, 0.2) is 0 Å². The van der Waals surface area contributed by atoms with Crippen molar-refractivity contribution in [3.8, 4) is 0 Å². The molecule has 1 N–H and O–H groups in total. The summed E-state index contributed by atoms with van der Waals surface area (Å²) in [5, 5.41) is 0.593. The maximum atomic E-state index is 12.3. The molecule has 1 atom stereocenters. The van der Waals surface area contributed by atoms with Crippen LogP contribution in [-0.2, 0) is 15.8 Å². The van der Waals surface area contributed by atoms with Crippen molar-refractivity contribution < 1.29 is 8.42 Å². The van der Waals surface area contributed by atoms with E-state index in [1.165, 1.54) is 0 Å². The summed E-state index contributed by atoms with van der Waals surface area (Å²) < 4.78 is 27.3. The van der Waals surface area contributed by atoms with Gasteiger partial charge in [0.25, 0.3) is 0 Å². The molecule has 2 rings (SSSR count). The van der Waals surface area contributed by atoms with Gasteiger partial charge in [-0.3, -0.25) is 0 Å². The van der Waals surface area contributed by atoms with E-state index in [-0.39, 0.29) is 11.8 Å². The summed E-state index contributed by atoms with van der Waals surface area (Å²) in [5.74, 6) is -0.0564. The highest BCUT2D eigenvalue weighted by molar-refractivity contribution is 7.88. The molecule has 0 fully saturated rings. The highest BCUT2D eigenvalue weighted by atomic mass is 35.5. The van der Waals surface area contributed by atoms with Crippen molar-refractivity contribution in [2.75, 3.05) is 20.6 Å². The number of hydrogen-bond donors (Lipinski definition) is 1. The molecule has 0 spiro atoms. The van der Waals surface area contributed by atoms with Gasteiger partial charge in [0.2, 0.25) is 10.0 Å². The Kier molecular flexibility index (Phi) is 6.18. The topological polar surface area (TPSA) is 49.4 Å². The van der Waals surface area contributed by atoms with Crippen molar-refractivity contribution in [1.29, 1.82) is 0 Å². The van der Waals surface area contributed by atoms with E-state index in [4.69, 9.17) is 11.6 Å².